The molecule has 21 heavy (non-hydrogen) atoms. The van der Waals surface area contributed by atoms with Gasteiger partial charge in [0.1, 0.15) is 5.82 Å². The van der Waals surface area contributed by atoms with Crippen LogP contribution in [-0.4, -0.2) is 6.54 Å². The third kappa shape index (κ3) is 4.05. The van der Waals surface area contributed by atoms with Gasteiger partial charge in [-0.05, 0) is 44.5 Å². The Morgan fingerprint density at radius 2 is 1.81 bits per heavy atom. The van der Waals surface area contributed by atoms with E-state index in [-0.39, 0.29) is 11.9 Å². The average Bonchev–Trinajstić information content (AvgIpc) is 2.40. The minimum absolute atomic E-state index is 0.0583. The topological polar surface area (TPSA) is 12.0 Å². The number of nitrogens with one attached hydrogen (secondary N) is 1. The Balaban J connectivity index is 2.35. The third-order valence-electron chi connectivity index (χ3n) is 3.57. The Bertz CT molecular complexity index is 584. The first kappa shape index (κ1) is 16.0. The maximum absolute atomic E-state index is 14.0. The van der Waals surface area contributed by atoms with Gasteiger partial charge in [-0.3, -0.25) is 0 Å². The molecule has 2 aromatic rings. The van der Waals surface area contributed by atoms with Crippen LogP contribution >= 0.6 is 11.6 Å². The van der Waals surface area contributed by atoms with Crippen molar-refractivity contribution in [1.82, 2.24) is 5.32 Å². The highest BCUT2D eigenvalue weighted by Crippen LogP contribution is 2.26. The largest absolute Gasteiger partial charge is 0.310 e. The summed E-state index contributed by atoms with van der Waals surface area (Å²) < 4.78 is 14.0. The van der Waals surface area contributed by atoms with E-state index in [9.17, 15) is 4.39 Å². The summed E-state index contributed by atoms with van der Waals surface area (Å²) in [7, 11) is 0. The van der Waals surface area contributed by atoms with Crippen molar-refractivity contribution in [3.63, 3.8) is 0 Å². The number of hydrogen-bond acceptors (Lipinski definition) is 1. The summed E-state index contributed by atoms with van der Waals surface area (Å²) in [6.45, 7) is 7.04. The van der Waals surface area contributed by atoms with Crippen molar-refractivity contribution in [2.24, 2.45) is 0 Å². The van der Waals surface area contributed by atoms with Crippen LogP contribution in [-0.2, 0) is 6.42 Å². The fraction of sp³-hybridized carbons (Fsp3) is 0.333. The van der Waals surface area contributed by atoms with Crippen molar-refractivity contribution in [3.8, 4) is 0 Å². The molecule has 0 aliphatic heterocycles. The summed E-state index contributed by atoms with van der Waals surface area (Å²) in [5, 5.41) is 3.92. The number of likely N-dealkylation sites (N-methyl/N-ethyl adjacent to an activating group) is 1. The quantitative estimate of drug-likeness (QED) is 0.820. The molecule has 0 heterocycles. The molecular formula is C18H21ClFN. The minimum atomic E-state index is -0.241. The number of hydrogen-bond donors (Lipinski definition) is 1. The molecule has 0 spiro atoms. The predicted octanol–water partition coefficient (Wildman–Crippen LogP) is 4.99. The lowest BCUT2D eigenvalue weighted by Crippen LogP contribution is -2.23. The van der Waals surface area contributed by atoms with E-state index in [2.05, 4.69) is 44.3 Å². The molecule has 1 N–H and O–H groups in total. The van der Waals surface area contributed by atoms with E-state index in [1.54, 1.807) is 12.1 Å². The highest BCUT2D eigenvalue weighted by Gasteiger charge is 2.16. The standard InChI is InChI=1S/C18H21ClFN/c1-4-21-18(14-9-12(2)8-13(3)10-14)11-15-16(19)6-5-7-17(15)20/h5-10,18,21H,4,11H2,1-3H3. The average molecular weight is 306 g/mol. The monoisotopic (exact) mass is 305 g/mol. The second-order valence-corrected chi connectivity index (χ2v) is 5.84. The maximum atomic E-state index is 14.0. The lowest BCUT2D eigenvalue weighted by molar-refractivity contribution is 0.527. The first-order chi connectivity index (χ1) is 10.0. The normalized spacial score (nSPS) is 12.4. The minimum Gasteiger partial charge on any atom is -0.310 e. The summed E-state index contributed by atoms with van der Waals surface area (Å²) in [6.07, 6.45) is 0.544. The number of rotatable bonds is 5. The van der Waals surface area contributed by atoms with Crippen molar-refractivity contribution in [2.45, 2.75) is 33.2 Å². The van der Waals surface area contributed by atoms with Gasteiger partial charge in [0.2, 0.25) is 0 Å². The molecule has 0 aliphatic carbocycles. The van der Waals surface area contributed by atoms with Gasteiger partial charge in [-0.2, -0.15) is 0 Å². The molecule has 1 unspecified atom stereocenters. The van der Waals surface area contributed by atoms with Crippen LogP contribution in [0, 0.1) is 19.7 Å². The van der Waals surface area contributed by atoms with Gasteiger partial charge in [0.15, 0.2) is 0 Å². The Morgan fingerprint density at radius 1 is 1.14 bits per heavy atom. The zero-order valence-electron chi connectivity index (χ0n) is 12.7. The smallest absolute Gasteiger partial charge is 0.127 e. The molecule has 0 radical (unpaired) electrons. The molecule has 0 saturated carbocycles. The maximum Gasteiger partial charge on any atom is 0.127 e. The molecule has 2 aromatic carbocycles. The summed E-state index contributed by atoms with van der Waals surface area (Å²) >= 11 is 6.16. The third-order valence-corrected chi connectivity index (χ3v) is 3.92. The van der Waals surface area contributed by atoms with Gasteiger partial charge >= 0.3 is 0 Å². The number of halogens is 2. The van der Waals surface area contributed by atoms with Gasteiger partial charge in [0.25, 0.3) is 0 Å². The van der Waals surface area contributed by atoms with Gasteiger partial charge in [-0.15, -0.1) is 0 Å². The van der Waals surface area contributed by atoms with Crippen LogP contribution in [0.3, 0.4) is 0 Å². The second kappa shape index (κ2) is 7.06. The van der Waals surface area contributed by atoms with Crippen LogP contribution in [0.2, 0.25) is 5.02 Å². The van der Waals surface area contributed by atoms with Crippen LogP contribution in [0.1, 0.15) is 35.2 Å². The highest BCUT2D eigenvalue weighted by atomic mass is 35.5. The molecule has 1 nitrogen and oxygen atoms in total. The van der Waals surface area contributed by atoms with Crippen molar-refractivity contribution in [1.29, 1.82) is 0 Å². The molecule has 1 atom stereocenters. The van der Waals surface area contributed by atoms with E-state index in [1.807, 2.05) is 0 Å². The van der Waals surface area contributed by atoms with Crippen LogP contribution < -0.4 is 5.32 Å². The van der Waals surface area contributed by atoms with E-state index in [4.69, 9.17) is 11.6 Å². The number of benzene rings is 2. The zero-order chi connectivity index (χ0) is 15.4. The Hall–Kier alpha value is -1.38. The highest BCUT2D eigenvalue weighted by molar-refractivity contribution is 6.31. The van der Waals surface area contributed by atoms with Gasteiger partial charge in [-0.25, -0.2) is 4.39 Å². The summed E-state index contributed by atoms with van der Waals surface area (Å²) in [4.78, 5) is 0. The van der Waals surface area contributed by atoms with Crippen molar-refractivity contribution in [3.05, 3.63) is 69.5 Å². The molecule has 0 bridgehead atoms. The Kier molecular flexibility index (Phi) is 5.38. The number of aryl methyl sites for hydroxylation is 2. The molecule has 0 fully saturated rings. The predicted molar refractivity (Wildman–Crippen MR) is 87.4 cm³/mol. The van der Waals surface area contributed by atoms with E-state index >= 15 is 0 Å². The van der Waals surface area contributed by atoms with Crippen molar-refractivity contribution < 1.29 is 4.39 Å². The van der Waals surface area contributed by atoms with Gasteiger partial charge in [-0.1, -0.05) is 53.9 Å². The molecule has 112 valence electrons. The van der Waals surface area contributed by atoms with E-state index in [1.165, 1.54) is 22.8 Å². The Morgan fingerprint density at radius 3 is 2.38 bits per heavy atom. The lowest BCUT2D eigenvalue weighted by atomic mass is 9.95. The molecule has 0 saturated heterocycles. The first-order valence-corrected chi connectivity index (χ1v) is 7.63. The van der Waals surface area contributed by atoms with Crippen molar-refractivity contribution in [2.75, 3.05) is 6.54 Å². The van der Waals surface area contributed by atoms with E-state index in [0.29, 0.717) is 17.0 Å². The van der Waals surface area contributed by atoms with Crippen molar-refractivity contribution >= 4 is 11.6 Å². The fourth-order valence-electron chi connectivity index (χ4n) is 2.70. The SMILES string of the molecule is CCNC(Cc1c(F)cccc1Cl)c1cc(C)cc(C)c1. The van der Waals surface area contributed by atoms with Gasteiger partial charge < -0.3 is 5.32 Å². The van der Waals surface area contributed by atoms with Crippen LogP contribution in [0.15, 0.2) is 36.4 Å². The molecular weight excluding hydrogens is 285 g/mol. The summed E-state index contributed by atoms with van der Waals surface area (Å²) in [5.41, 5.74) is 4.18. The molecule has 0 aromatic heterocycles. The van der Waals surface area contributed by atoms with E-state index in [0.717, 1.165) is 6.54 Å². The first-order valence-electron chi connectivity index (χ1n) is 7.25. The zero-order valence-corrected chi connectivity index (χ0v) is 13.5. The lowest BCUT2D eigenvalue weighted by Gasteiger charge is -2.20. The van der Waals surface area contributed by atoms with Crippen LogP contribution in [0.25, 0.3) is 0 Å². The Labute approximate surface area is 131 Å². The molecule has 0 aliphatic rings. The van der Waals surface area contributed by atoms with Gasteiger partial charge in [0, 0.05) is 16.6 Å². The van der Waals surface area contributed by atoms with Crippen LogP contribution in [0.4, 0.5) is 4.39 Å². The van der Waals surface area contributed by atoms with Crippen LogP contribution in [0.5, 0.6) is 0 Å². The fourth-order valence-corrected chi connectivity index (χ4v) is 2.94. The summed E-state index contributed by atoms with van der Waals surface area (Å²) in [6, 6.07) is 11.3. The molecule has 2 rings (SSSR count). The van der Waals surface area contributed by atoms with E-state index < -0.39 is 0 Å². The molecule has 0 amide bonds. The summed E-state index contributed by atoms with van der Waals surface area (Å²) in [5.74, 6) is -0.241. The van der Waals surface area contributed by atoms with Gasteiger partial charge in [0.05, 0.1) is 0 Å². The second-order valence-electron chi connectivity index (χ2n) is 5.44. The molecule has 3 heteroatoms.